The van der Waals surface area contributed by atoms with Crippen LogP contribution < -0.4 is 14.2 Å². The zero-order valence-corrected chi connectivity index (χ0v) is 34.3. The molecule has 0 aliphatic heterocycles. The third-order valence-electron chi connectivity index (χ3n) is 9.61. The van der Waals surface area contributed by atoms with Crippen molar-refractivity contribution in [3.8, 4) is 23.0 Å². The van der Waals surface area contributed by atoms with Gasteiger partial charge in [0.05, 0.1) is 31.2 Å². The number of ether oxygens (including phenoxy) is 3. The van der Waals surface area contributed by atoms with Gasteiger partial charge in [-0.2, -0.15) is 10.2 Å². The van der Waals surface area contributed by atoms with Gasteiger partial charge in [0, 0.05) is 11.1 Å². The smallest absolute Gasteiger partial charge is 0.289 e. The summed E-state index contributed by atoms with van der Waals surface area (Å²) >= 11 is 0. The quantitative estimate of drug-likeness (QED) is 0.0310. The highest BCUT2D eigenvalue weighted by Gasteiger charge is 2.25. The van der Waals surface area contributed by atoms with E-state index in [0.717, 1.165) is 51.4 Å². The monoisotopic (exact) mass is 782 g/mol. The van der Waals surface area contributed by atoms with Crippen molar-refractivity contribution in [2.24, 2.45) is 10.2 Å². The molecular weight excluding hydrogens is 721 g/mol. The first-order valence-electron chi connectivity index (χ1n) is 21.2. The molecule has 0 unspecified atom stereocenters. The molecule has 0 spiro atoms. The first-order valence-corrected chi connectivity index (χ1v) is 21.2. The molecule has 57 heavy (non-hydrogen) atoms. The van der Waals surface area contributed by atoms with Gasteiger partial charge in [0.15, 0.2) is 11.5 Å². The van der Waals surface area contributed by atoms with Gasteiger partial charge in [-0.25, -0.2) is 0 Å². The fourth-order valence-corrected chi connectivity index (χ4v) is 6.22. The van der Waals surface area contributed by atoms with Gasteiger partial charge >= 0.3 is 0 Å². The largest absolute Gasteiger partial charge is 0.508 e. The Balaban J connectivity index is 1.51. The Morgan fingerprint density at radius 1 is 0.526 bits per heavy atom. The SMILES string of the molecule is CCCCCCCCOc1cc(C(=O)c2nnc(C(=O)c3ccc(N=Nc4ccc(O)cc4)cc3)o2)cc(OCCCCCCCC)c1OCCCCCCCC. The zero-order chi connectivity index (χ0) is 40.5. The van der Waals surface area contributed by atoms with E-state index in [-0.39, 0.29) is 28.7 Å². The van der Waals surface area contributed by atoms with E-state index in [2.05, 4.69) is 41.2 Å². The molecule has 0 aliphatic rings. The predicted octanol–water partition coefficient (Wildman–Crippen LogP) is 12.9. The Bertz CT molecular complexity index is 1750. The predicted molar refractivity (Wildman–Crippen MR) is 223 cm³/mol. The molecule has 4 aromatic rings. The number of nitrogens with zero attached hydrogens (tertiary/aromatic N) is 4. The average Bonchev–Trinajstić information content (AvgIpc) is 3.73. The second-order valence-electron chi connectivity index (χ2n) is 14.5. The first-order chi connectivity index (χ1) is 27.9. The number of phenolic OH excluding ortho intramolecular Hbond substituents is 1. The molecule has 0 saturated heterocycles. The summed E-state index contributed by atoms with van der Waals surface area (Å²) < 4.78 is 24.8. The van der Waals surface area contributed by atoms with Crippen molar-refractivity contribution in [2.75, 3.05) is 19.8 Å². The minimum absolute atomic E-state index is 0.138. The minimum atomic E-state index is -0.553. The molecule has 0 aliphatic carbocycles. The molecule has 4 rings (SSSR count). The van der Waals surface area contributed by atoms with Crippen LogP contribution in [-0.4, -0.2) is 46.7 Å². The number of benzene rings is 3. The Morgan fingerprint density at radius 3 is 1.37 bits per heavy atom. The summed E-state index contributed by atoms with van der Waals surface area (Å²) in [6.45, 7) is 8.09. The molecule has 0 fully saturated rings. The van der Waals surface area contributed by atoms with Crippen molar-refractivity contribution >= 4 is 22.9 Å². The number of azo groups is 1. The van der Waals surface area contributed by atoms with Crippen LogP contribution in [0.15, 0.2) is 75.3 Å². The maximum Gasteiger partial charge on any atom is 0.289 e. The van der Waals surface area contributed by atoms with Crippen LogP contribution in [0.1, 0.15) is 169 Å². The summed E-state index contributed by atoms with van der Waals surface area (Å²) in [6, 6.07) is 16.1. The second kappa shape index (κ2) is 26.0. The fraction of sp³-hybridized carbons (Fsp3) is 0.522. The number of hydrogen-bond donors (Lipinski definition) is 1. The molecule has 0 amide bonds. The normalized spacial score (nSPS) is 11.3. The number of phenols is 1. The molecule has 11 heteroatoms. The molecule has 0 radical (unpaired) electrons. The van der Waals surface area contributed by atoms with Crippen molar-refractivity contribution < 1.29 is 33.3 Å². The van der Waals surface area contributed by atoms with Gasteiger partial charge in [-0.15, -0.1) is 10.2 Å². The Labute approximate surface area is 338 Å². The van der Waals surface area contributed by atoms with Gasteiger partial charge in [-0.05, 0) is 79.9 Å². The number of carbonyl (C=O) groups excluding carboxylic acids is 2. The number of aromatic hydroxyl groups is 1. The Kier molecular flexibility index (Phi) is 20.3. The van der Waals surface area contributed by atoms with Crippen LogP contribution >= 0.6 is 0 Å². The van der Waals surface area contributed by atoms with Gasteiger partial charge in [0.1, 0.15) is 5.75 Å². The number of ketones is 2. The molecule has 1 heterocycles. The molecular formula is C46H62N4O7. The van der Waals surface area contributed by atoms with E-state index in [1.807, 2.05) is 0 Å². The maximum atomic E-state index is 13.9. The van der Waals surface area contributed by atoms with E-state index >= 15 is 0 Å². The number of unbranched alkanes of at least 4 members (excludes halogenated alkanes) is 15. The lowest BCUT2D eigenvalue weighted by Gasteiger charge is -2.18. The van der Waals surface area contributed by atoms with Crippen molar-refractivity contribution in [1.29, 1.82) is 0 Å². The maximum absolute atomic E-state index is 13.9. The van der Waals surface area contributed by atoms with Crippen LogP contribution in [0.5, 0.6) is 23.0 Å². The molecule has 3 aromatic carbocycles. The molecule has 11 nitrogen and oxygen atoms in total. The zero-order valence-electron chi connectivity index (χ0n) is 34.3. The van der Waals surface area contributed by atoms with E-state index in [1.165, 1.54) is 76.3 Å². The van der Waals surface area contributed by atoms with Crippen LogP contribution in [-0.2, 0) is 0 Å². The van der Waals surface area contributed by atoms with Crippen LogP contribution in [0.3, 0.4) is 0 Å². The summed E-state index contributed by atoms with van der Waals surface area (Å²) in [5, 5.41) is 25.7. The number of carbonyl (C=O) groups is 2. The highest BCUT2D eigenvalue weighted by molar-refractivity contribution is 6.08. The van der Waals surface area contributed by atoms with Crippen molar-refractivity contribution in [3.63, 3.8) is 0 Å². The second-order valence-corrected chi connectivity index (χ2v) is 14.5. The Morgan fingerprint density at radius 2 is 0.912 bits per heavy atom. The lowest BCUT2D eigenvalue weighted by Crippen LogP contribution is -2.09. The highest BCUT2D eigenvalue weighted by atomic mass is 16.5. The van der Waals surface area contributed by atoms with Crippen LogP contribution in [0.2, 0.25) is 0 Å². The standard InChI is InChI=1S/C46H62N4O7/c1-4-7-10-13-16-19-30-54-40-33-36(34-41(55-31-20-17-14-11-8-5-2)44(40)56-32-21-18-15-12-9-6-3)43(53)46-50-49-45(57-46)42(52)35-22-24-37(25-23-35)47-48-38-26-28-39(51)29-27-38/h22-29,33-34,51H,4-21,30-32H2,1-3H3. The summed E-state index contributed by atoms with van der Waals surface area (Å²) in [4.78, 5) is 27.2. The van der Waals surface area contributed by atoms with Crippen LogP contribution in [0, 0.1) is 0 Å². The molecule has 0 atom stereocenters. The molecule has 1 aromatic heterocycles. The van der Waals surface area contributed by atoms with E-state index in [9.17, 15) is 14.7 Å². The van der Waals surface area contributed by atoms with E-state index in [0.29, 0.717) is 48.4 Å². The summed E-state index contributed by atoms with van der Waals surface area (Å²) in [7, 11) is 0. The third-order valence-corrected chi connectivity index (χ3v) is 9.61. The van der Waals surface area contributed by atoms with Crippen molar-refractivity contribution in [3.05, 3.63) is 83.6 Å². The average molecular weight is 783 g/mol. The number of hydrogen-bond acceptors (Lipinski definition) is 11. The van der Waals surface area contributed by atoms with Crippen LogP contribution in [0.4, 0.5) is 11.4 Å². The van der Waals surface area contributed by atoms with Gasteiger partial charge < -0.3 is 23.7 Å². The minimum Gasteiger partial charge on any atom is -0.508 e. The van der Waals surface area contributed by atoms with Gasteiger partial charge in [-0.3, -0.25) is 9.59 Å². The van der Waals surface area contributed by atoms with Crippen LogP contribution in [0.25, 0.3) is 0 Å². The topological polar surface area (TPSA) is 146 Å². The van der Waals surface area contributed by atoms with E-state index in [4.69, 9.17) is 18.6 Å². The summed E-state index contributed by atoms with van der Waals surface area (Å²) in [6.07, 6.45) is 20.2. The highest BCUT2D eigenvalue weighted by Crippen LogP contribution is 2.40. The van der Waals surface area contributed by atoms with E-state index in [1.54, 1.807) is 48.5 Å². The summed E-state index contributed by atoms with van der Waals surface area (Å²) in [5.74, 6) is -0.190. The molecule has 308 valence electrons. The Hall–Kier alpha value is -5.06. The molecule has 0 saturated carbocycles. The summed E-state index contributed by atoms with van der Waals surface area (Å²) in [5.41, 5.74) is 1.61. The fourth-order valence-electron chi connectivity index (χ4n) is 6.22. The van der Waals surface area contributed by atoms with Gasteiger partial charge in [-0.1, -0.05) is 117 Å². The number of aromatic nitrogens is 2. The van der Waals surface area contributed by atoms with Crippen molar-refractivity contribution in [2.45, 2.75) is 136 Å². The number of rotatable bonds is 30. The first kappa shape index (κ1) is 44.7. The molecule has 1 N–H and O–H groups in total. The van der Waals surface area contributed by atoms with Gasteiger partial charge in [0.2, 0.25) is 17.3 Å². The molecule has 0 bridgehead atoms. The lowest BCUT2D eigenvalue weighted by atomic mass is 10.1. The van der Waals surface area contributed by atoms with Crippen molar-refractivity contribution in [1.82, 2.24) is 10.2 Å². The third kappa shape index (κ3) is 15.8. The lowest BCUT2D eigenvalue weighted by molar-refractivity contribution is 0.0980. The van der Waals surface area contributed by atoms with Gasteiger partial charge in [0.25, 0.3) is 11.8 Å². The van der Waals surface area contributed by atoms with E-state index < -0.39 is 11.6 Å².